The molecule has 1 N–H and O–H groups in total. The Balaban J connectivity index is 1.52. The summed E-state index contributed by atoms with van der Waals surface area (Å²) in [6, 6.07) is 24.7. The molecule has 164 valence electrons. The summed E-state index contributed by atoms with van der Waals surface area (Å²) in [6.07, 6.45) is 0.673. The molecule has 1 aromatic heterocycles. The average Bonchev–Trinajstić information content (AvgIpc) is 3.11. The fraction of sp³-hybridized carbons (Fsp3) is 0.286. The fourth-order valence-corrected chi connectivity index (χ4v) is 3.96. The highest BCUT2D eigenvalue weighted by Gasteiger charge is 2.15. The van der Waals surface area contributed by atoms with Crippen LogP contribution in [0.4, 0.5) is 0 Å². The van der Waals surface area contributed by atoms with Crippen molar-refractivity contribution >= 4 is 16.9 Å². The largest absolute Gasteiger partial charge is 0.352 e. The van der Waals surface area contributed by atoms with Gasteiger partial charge in [0.05, 0.1) is 11.0 Å². The first kappa shape index (κ1) is 21.8. The number of rotatable bonds is 6. The number of para-hydroxylation sites is 2. The van der Waals surface area contributed by atoms with Crippen LogP contribution >= 0.6 is 0 Å². The Kier molecular flexibility index (Phi) is 6.13. The van der Waals surface area contributed by atoms with Crippen LogP contribution in [-0.4, -0.2) is 22.0 Å². The van der Waals surface area contributed by atoms with Crippen LogP contribution in [0.1, 0.15) is 53.6 Å². The average molecular weight is 426 g/mol. The van der Waals surface area contributed by atoms with Crippen molar-refractivity contribution in [2.75, 3.05) is 6.54 Å². The topological polar surface area (TPSA) is 46.9 Å². The summed E-state index contributed by atoms with van der Waals surface area (Å²) < 4.78 is 2.26. The zero-order valence-electron chi connectivity index (χ0n) is 19.4. The van der Waals surface area contributed by atoms with E-state index in [0.29, 0.717) is 18.5 Å². The van der Waals surface area contributed by atoms with E-state index in [9.17, 15) is 4.79 Å². The molecule has 0 fully saturated rings. The van der Waals surface area contributed by atoms with Crippen LogP contribution in [0.5, 0.6) is 0 Å². The molecule has 0 spiro atoms. The van der Waals surface area contributed by atoms with Crippen molar-refractivity contribution in [3.8, 4) is 0 Å². The molecule has 0 aliphatic heterocycles. The first-order valence-electron chi connectivity index (χ1n) is 11.2. The van der Waals surface area contributed by atoms with Crippen LogP contribution in [0.2, 0.25) is 0 Å². The van der Waals surface area contributed by atoms with E-state index in [1.807, 2.05) is 49.4 Å². The molecule has 0 unspecified atom stereocenters. The Labute approximate surface area is 190 Å². The van der Waals surface area contributed by atoms with E-state index < -0.39 is 0 Å². The molecule has 0 aliphatic rings. The number of amides is 1. The van der Waals surface area contributed by atoms with Gasteiger partial charge in [0.1, 0.15) is 5.82 Å². The summed E-state index contributed by atoms with van der Waals surface area (Å²) in [4.78, 5) is 17.4. The zero-order chi connectivity index (χ0) is 22.7. The van der Waals surface area contributed by atoms with Gasteiger partial charge in [-0.1, -0.05) is 74.9 Å². The van der Waals surface area contributed by atoms with Crippen LogP contribution in [0, 0.1) is 6.92 Å². The molecular weight excluding hydrogens is 394 g/mol. The van der Waals surface area contributed by atoms with Gasteiger partial charge in [-0.15, -0.1) is 0 Å². The quantitative estimate of drug-likeness (QED) is 0.433. The molecule has 0 saturated heterocycles. The lowest BCUT2D eigenvalue weighted by molar-refractivity contribution is 0.0954. The lowest BCUT2D eigenvalue weighted by Gasteiger charge is -2.19. The van der Waals surface area contributed by atoms with Gasteiger partial charge in [-0.3, -0.25) is 4.79 Å². The molecular formula is C28H31N3O. The fourth-order valence-electron chi connectivity index (χ4n) is 3.96. The Bertz CT molecular complexity index is 1230. The van der Waals surface area contributed by atoms with Gasteiger partial charge in [-0.25, -0.2) is 4.98 Å². The number of hydrogen-bond donors (Lipinski definition) is 1. The van der Waals surface area contributed by atoms with Crippen molar-refractivity contribution in [2.45, 2.75) is 46.1 Å². The Morgan fingerprint density at radius 3 is 2.44 bits per heavy atom. The molecule has 0 radical (unpaired) electrons. The minimum atomic E-state index is -0.0471. The number of nitrogens with zero attached hydrogens (tertiary/aromatic N) is 2. The van der Waals surface area contributed by atoms with Gasteiger partial charge in [0.25, 0.3) is 5.91 Å². The Morgan fingerprint density at radius 2 is 1.72 bits per heavy atom. The van der Waals surface area contributed by atoms with Crippen LogP contribution in [0.3, 0.4) is 0 Å². The number of imidazole rings is 1. The standard InChI is InChI=1S/C28H31N3O/c1-20-8-7-9-22(18-20)27(32)29-17-16-26-30-24-10-5-6-11-25(24)31(26)19-21-12-14-23(15-13-21)28(2,3)4/h5-15,18H,16-17,19H2,1-4H3,(H,29,32). The van der Waals surface area contributed by atoms with Crippen LogP contribution in [-0.2, 0) is 18.4 Å². The van der Waals surface area contributed by atoms with E-state index in [1.54, 1.807) is 0 Å². The van der Waals surface area contributed by atoms with Crippen LogP contribution in [0.15, 0.2) is 72.8 Å². The predicted molar refractivity (Wildman–Crippen MR) is 131 cm³/mol. The molecule has 4 heteroatoms. The number of nitrogens with one attached hydrogen (secondary N) is 1. The number of benzene rings is 3. The summed E-state index contributed by atoms with van der Waals surface area (Å²) in [7, 11) is 0. The smallest absolute Gasteiger partial charge is 0.251 e. The van der Waals surface area contributed by atoms with Crippen LogP contribution in [0.25, 0.3) is 11.0 Å². The van der Waals surface area contributed by atoms with Crippen molar-refractivity contribution in [1.82, 2.24) is 14.9 Å². The number of fused-ring (bicyclic) bond motifs is 1. The van der Waals surface area contributed by atoms with Gasteiger partial charge >= 0.3 is 0 Å². The van der Waals surface area contributed by atoms with Gasteiger partial charge in [0, 0.05) is 25.1 Å². The van der Waals surface area contributed by atoms with Gasteiger partial charge in [0.2, 0.25) is 0 Å². The van der Waals surface area contributed by atoms with Gasteiger partial charge in [0.15, 0.2) is 0 Å². The normalized spacial score (nSPS) is 11.6. The molecule has 32 heavy (non-hydrogen) atoms. The molecule has 0 bridgehead atoms. The Morgan fingerprint density at radius 1 is 0.969 bits per heavy atom. The Hall–Kier alpha value is -3.40. The van der Waals surface area contributed by atoms with E-state index in [4.69, 9.17) is 4.98 Å². The summed E-state index contributed by atoms with van der Waals surface area (Å²) in [5.41, 5.74) is 6.59. The molecule has 0 aliphatic carbocycles. The second-order valence-electron chi connectivity index (χ2n) is 9.43. The molecule has 4 nitrogen and oxygen atoms in total. The lowest BCUT2D eigenvalue weighted by Crippen LogP contribution is -2.26. The molecule has 1 heterocycles. The van der Waals surface area contributed by atoms with Gasteiger partial charge < -0.3 is 9.88 Å². The number of carbonyl (C=O) groups is 1. The number of hydrogen-bond acceptors (Lipinski definition) is 2. The maximum Gasteiger partial charge on any atom is 0.251 e. The highest BCUT2D eigenvalue weighted by Crippen LogP contribution is 2.23. The van der Waals surface area contributed by atoms with E-state index in [0.717, 1.165) is 29.0 Å². The predicted octanol–water partition coefficient (Wildman–Crippen LogP) is 5.66. The SMILES string of the molecule is Cc1cccc(C(=O)NCCc2nc3ccccc3n2Cc2ccc(C(C)(C)C)cc2)c1. The highest BCUT2D eigenvalue weighted by molar-refractivity contribution is 5.94. The van der Waals surface area contributed by atoms with Gasteiger partial charge in [-0.2, -0.15) is 0 Å². The second-order valence-corrected chi connectivity index (χ2v) is 9.43. The van der Waals surface area contributed by atoms with Gasteiger partial charge in [-0.05, 0) is 47.7 Å². The van der Waals surface area contributed by atoms with Crippen molar-refractivity contribution in [1.29, 1.82) is 0 Å². The summed E-state index contributed by atoms with van der Waals surface area (Å²) in [6.45, 7) is 9.98. The minimum Gasteiger partial charge on any atom is -0.352 e. The third-order valence-corrected chi connectivity index (χ3v) is 5.81. The number of carbonyl (C=O) groups excluding carboxylic acids is 1. The lowest BCUT2D eigenvalue weighted by atomic mass is 9.87. The summed E-state index contributed by atoms with van der Waals surface area (Å²) in [5, 5.41) is 3.04. The second kappa shape index (κ2) is 8.99. The maximum atomic E-state index is 12.5. The molecule has 0 atom stereocenters. The van der Waals surface area contributed by atoms with Crippen molar-refractivity contribution in [3.05, 3.63) is 101 Å². The maximum absolute atomic E-state index is 12.5. The highest BCUT2D eigenvalue weighted by atomic mass is 16.1. The van der Waals surface area contributed by atoms with E-state index >= 15 is 0 Å². The third kappa shape index (κ3) is 4.91. The third-order valence-electron chi connectivity index (χ3n) is 5.81. The number of aryl methyl sites for hydroxylation is 1. The first-order valence-corrected chi connectivity index (χ1v) is 11.2. The van der Waals surface area contributed by atoms with Crippen LogP contribution < -0.4 is 5.32 Å². The van der Waals surface area contributed by atoms with Crippen molar-refractivity contribution < 1.29 is 4.79 Å². The van der Waals surface area contributed by atoms with Crippen molar-refractivity contribution in [3.63, 3.8) is 0 Å². The monoisotopic (exact) mass is 425 g/mol. The molecule has 4 aromatic rings. The first-order chi connectivity index (χ1) is 15.3. The zero-order valence-corrected chi connectivity index (χ0v) is 19.4. The minimum absolute atomic E-state index is 0.0471. The van der Waals surface area contributed by atoms with E-state index in [2.05, 4.69) is 61.0 Å². The summed E-state index contributed by atoms with van der Waals surface area (Å²) in [5.74, 6) is 0.935. The van der Waals surface area contributed by atoms with E-state index in [1.165, 1.54) is 11.1 Å². The molecule has 4 rings (SSSR count). The molecule has 0 saturated carbocycles. The van der Waals surface area contributed by atoms with E-state index in [-0.39, 0.29) is 11.3 Å². The summed E-state index contributed by atoms with van der Waals surface area (Å²) >= 11 is 0. The number of aromatic nitrogens is 2. The molecule has 3 aromatic carbocycles. The molecule has 1 amide bonds. The van der Waals surface area contributed by atoms with Crippen molar-refractivity contribution in [2.24, 2.45) is 0 Å².